The topological polar surface area (TPSA) is 29.5 Å². The van der Waals surface area contributed by atoms with E-state index in [4.69, 9.17) is 4.74 Å². The lowest BCUT2D eigenvalue weighted by Gasteiger charge is -2.28. The number of phenolic OH excluding ortho intramolecular Hbond substituents is 1. The molecule has 0 bridgehead atoms. The van der Waals surface area contributed by atoms with Crippen LogP contribution in [0.5, 0.6) is 5.75 Å². The lowest BCUT2D eigenvalue weighted by atomic mass is 9.83. The monoisotopic (exact) mass is 232 g/mol. The molecule has 1 saturated carbocycles. The second-order valence-electron chi connectivity index (χ2n) is 4.69. The van der Waals surface area contributed by atoms with E-state index in [0.717, 1.165) is 12.8 Å². The summed E-state index contributed by atoms with van der Waals surface area (Å²) < 4.78 is 5.68. The van der Waals surface area contributed by atoms with E-state index in [9.17, 15) is 5.11 Å². The predicted octanol–water partition coefficient (Wildman–Crippen LogP) is 3.62. The molecule has 0 heterocycles. The van der Waals surface area contributed by atoms with Crippen molar-refractivity contribution in [3.05, 3.63) is 42.5 Å². The molecule has 17 heavy (non-hydrogen) atoms. The van der Waals surface area contributed by atoms with Gasteiger partial charge in [0.1, 0.15) is 5.75 Å². The molecule has 1 aliphatic carbocycles. The van der Waals surface area contributed by atoms with Crippen LogP contribution in [0.2, 0.25) is 0 Å². The van der Waals surface area contributed by atoms with Crippen molar-refractivity contribution in [3.63, 3.8) is 0 Å². The third-order valence-electron chi connectivity index (χ3n) is 3.49. The number of benzene rings is 1. The fraction of sp³-hybridized carbons (Fsp3) is 0.467. The Balaban J connectivity index is 1.86. The van der Waals surface area contributed by atoms with Gasteiger partial charge in [0.2, 0.25) is 0 Å². The largest absolute Gasteiger partial charge is 0.508 e. The summed E-state index contributed by atoms with van der Waals surface area (Å²) in [6.45, 7) is 4.33. The van der Waals surface area contributed by atoms with Gasteiger partial charge >= 0.3 is 0 Å². The average molecular weight is 232 g/mol. The number of phenols is 1. The van der Waals surface area contributed by atoms with Crippen LogP contribution < -0.4 is 0 Å². The van der Waals surface area contributed by atoms with Crippen molar-refractivity contribution < 1.29 is 9.84 Å². The molecule has 0 aliphatic heterocycles. The summed E-state index contributed by atoms with van der Waals surface area (Å²) in [6, 6.07) is 7.61. The lowest BCUT2D eigenvalue weighted by Crippen LogP contribution is -2.20. The summed E-state index contributed by atoms with van der Waals surface area (Å²) in [5.41, 5.74) is 1.34. The molecule has 0 amide bonds. The molecule has 1 fully saturated rings. The second-order valence-corrected chi connectivity index (χ2v) is 4.69. The molecular weight excluding hydrogens is 212 g/mol. The molecule has 0 atom stereocenters. The third-order valence-corrected chi connectivity index (χ3v) is 3.49. The maximum atomic E-state index is 9.26. The van der Waals surface area contributed by atoms with Gasteiger partial charge in [-0.2, -0.15) is 0 Å². The maximum absolute atomic E-state index is 9.26. The van der Waals surface area contributed by atoms with E-state index >= 15 is 0 Å². The number of hydrogen-bond acceptors (Lipinski definition) is 2. The quantitative estimate of drug-likeness (QED) is 0.803. The first-order valence-corrected chi connectivity index (χ1v) is 6.31. The lowest BCUT2D eigenvalue weighted by molar-refractivity contribution is 0.0423. The average Bonchev–Trinajstić information content (AvgIpc) is 2.38. The highest BCUT2D eigenvalue weighted by Crippen LogP contribution is 2.34. The Bertz CT molecular complexity index is 348. The number of rotatable bonds is 4. The fourth-order valence-corrected chi connectivity index (χ4v) is 2.51. The molecule has 2 rings (SSSR count). The summed E-state index contributed by atoms with van der Waals surface area (Å²) >= 11 is 0. The maximum Gasteiger partial charge on any atom is 0.115 e. The van der Waals surface area contributed by atoms with Gasteiger partial charge in [0.25, 0.3) is 0 Å². The van der Waals surface area contributed by atoms with Crippen LogP contribution in [0.25, 0.3) is 0 Å². The SMILES string of the molecule is C=CCOC1CCC(c2ccc(O)cc2)CC1. The van der Waals surface area contributed by atoms with Gasteiger partial charge < -0.3 is 9.84 Å². The van der Waals surface area contributed by atoms with Crippen molar-refractivity contribution in [1.29, 1.82) is 0 Å². The molecule has 0 spiro atoms. The predicted molar refractivity (Wildman–Crippen MR) is 69.3 cm³/mol. The van der Waals surface area contributed by atoms with Crippen molar-refractivity contribution in [3.8, 4) is 5.75 Å². The summed E-state index contributed by atoms with van der Waals surface area (Å²) in [5, 5.41) is 9.26. The Morgan fingerprint density at radius 1 is 1.18 bits per heavy atom. The van der Waals surface area contributed by atoms with Crippen LogP contribution in [0, 0.1) is 0 Å². The molecule has 1 aliphatic rings. The zero-order chi connectivity index (χ0) is 12.1. The zero-order valence-corrected chi connectivity index (χ0v) is 10.1. The standard InChI is InChI=1S/C15H20O2/c1-2-11-17-15-9-5-13(6-10-15)12-3-7-14(16)8-4-12/h2-4,7-8,13,15-16H,1,5-6,9-11H2. The molecule has 2 heteroatoms. The minimum absolute atomic E-state index is 0.344. The van der Waals surface area contributed by atoms with Crippen LogP contribution in [0.4, 0.5) is 0 Å². The van der Waals surface area contributed by atoms with Gasteiger partial charge in [-0.05, 0) is 49.3 Å². The highest BCUT2D eigenvalue weighted by Gasteiger charge is 2.22. The first-order chi connectivity index (χ1) is 8.29. The minimum Gasteiger partial charge on any atom is -0.508 e. The van der Waals surface area contributed by atoms with Crippen molar-refractivity contribution in [1.82, 2.24) is 0 Å². The van der Waals surface area contributed by atoms with E-state index in [0.29, 0.717) is 24.4 Å². The minimum atomic E-state index is 0.344. The Morgan fingerprint density at radius 3 is 2.41 bits per heavy atom. The Kier molecular flexibility index (Phi) is 4.21. The van der Waals surface area contributed by atoms with Gasteiger partial charge in [-0.1, -0.05) is 18.2 Å². The number of aromatic hydroxyl groups is 1. The van der Waals surface area contributed by atoms with Gasteiger partial charge in [0.15, 0.2) is 0 Å². The van der Waals surface area contributed by atoms with Crippen LogP contribution in [-0.4, -0.2) is 17.8 Å². The van der Waals surface area contributed by atoms with Crippen LogP contribution in [0.15, 0.2) is 36.9 Å². The van der Waals surface area contributed by atoms with E-state index in [1.165, 1.54) is 18.4 Å². The highest BCUT2D eigenvalue weighted by atomic mass is 16.5. The first-order valence-electron chi connectivity index (χ1n) is 6.31. The van der Waals surface area contributed by atoms with E-state index in [1.54, 1.807) is 12.1 Å². The molecule has 0 unspecified atom stereocenters. The molecule has 1 N–H and O–H groups in total. The fourth-order valence-electron chi connectivity index (χ4n) is 2.51. The molecule has 2 nitrogen and oxygen atoms in total. The summed E-state index contributed by atoms with van der Waals surface area (Å²) in [7, 11) is 0. The molecular formula is C15H20O2. The third kappa shape index (κ3) is 3.34. The van der Waals surface area contributed by atoms with Crippen LogP contribution in [0.1, 0.15) is 37.2 Å². The van der Waals surface area contributed by atoms with E-state index in [-0.39, 0.29) is 0 Å². The normalized spacial score (nSPS) is 24.5. The van der Waals surface area contributed by atoms with E-state index in [1.807, 2.05) is 18.2 Å². The second kappa shape index (κ2) is 5.87. The Morgan fingerprint density at radius 2 is 1.82 bits per heavy atom. The van der Waals surface area contributed by atoms with Crippen molar-refractivity contribution in [2.24, 2.45) is 0 Å². The van der Waals surface area contributed by atoms with Gasteiger partial charge in [-0.15, -0.1) is 6.58 Å². The van der Waals surface area contributed by atoms with Gasteiger partial charge in [-0.25, -0.2) is 0 Å². The summed E-state index contributed by atoms with van der Waals surface area (Å²) in [5.74, 6) is 0.968. The smallest absolute Gasteiger partial charge is 0.115 e. The zero-order valence-electron chi connectivity index (χ0n) is 10.1. The molecule has 0 aromatic heterocycles. The highest BCUT2D eigenvalue weighted by molar-refractivity contribution is 5.28. The van der Waals surface area contributed by atoms with Gasteiger partial charge in [0.05, 0.1) is 12.7 Å². The summed E-state index contributed by atoms with van der Waals surface area (Å²) in [6.07, 6.45) is 6.81. The first kappa shape index (κ1) is 12.2. The molecule has 1 aromatic carbocycles. The Labute approximate surface area is 103 Å². The van der Waals surface area contributed by atoms with Crippen LogP contribution in [-0.2, 0) is 4.74 Å². The molecule has 92 valence electrons. The summed E-state index contributed by atoms with van der Waals surface area (Å²) in [4.78, 5) is 0. The van der Waals surface area contributed by atoms with Gasteiger partial charge in [-0.3, -0.25) is 0 Å². The molecule has 0 radical (unpaired) electrons. The van der Waals surface area contributed by atoms with E-state index in [2.05, 4.69) is 6.58 Å². The number of hydrogen-bond donors (Lipinski definition) is 1. The molecule has 0 saturated heterocycles. The van der Waals surface area contributed by atoms with Gasteiger partial charge in [0, 0.05) is 0 Å². The van der Waals surface area contributed by atoms with Crippen molar-refractivity contribution in [2.45, 2.75) is 37.7 Å². The van der Waals surface area contributed by atoms with Crippen LogP contribution in [0.3, 0.4) is 0 Å². The van der Waals surface area contributed by atoms with Crippen molar-refractivity contribution >= 4 is 0 Å². The van der Waals surface area contributed by atoms with Crippen LogP contribution >= 0.6 is 0 Å². The molecule has 1 aromatic rings. The van der Waals surface area contributed by atoms with Crippen molar-refractivity contribution in [2.75, 3.05) is 6.61 Å². The Hall–Kier alpha value is -1.28. The number of ether oxygens (including phenoxy) is 1. The van der Waals surface area contributed by atoms with E-state index < -0.39 is 0 Å².